The third-order valence-electron chi connectivity index (χ3n) is 2.56. The highest BCUT2D eigenvalue weighted by molar-refractivity contribution is 5.70. The standard InChI is InChI=1S/C8H12O4/c9-7(10)6-4-11-8(12-5-6)2-1-3-8/h6H,1-5H2,(H,9,10). The third-order valence-corrected chi connectivity index (χ3v) is 2.56. The fourth-order valence-corrected chi connectivity index (χ4v) is 1.49. The molecule has 1 aliphatic carbocycles. The first-order chi connectivity index (χ1) is 5.72. The minimum absolute atomic E-state index is 0.301. The summed E-state index contributed by atoms with van der Waals surface area (Å²) in [6.45, 7) is 0.602. The van der Waals surface area contributed by atoms with Crippen molar-refractivity contribution in [2.45, 2.75) is 25.0 Å². The Kier molecular flexibility index (Phi) is 1.81. The van der Waals surface area contributed by atoms with Gasteiger partial charge in [0.15, 0.2) is 5.79 Å². The zero-order chi connectivity index (χ0) is 8.60. The molecule has 0 atom stereocenters. The smallest absolute Gasteiger partial charge is 0.311 e. The van der Waals surface area contributed by atoms with Crippen LogP contribution in [-0.4, -0.2) is 30.1 Å². The van der Waals surface area contributed by atoms with Crippen LogP contribution in [0.4, 0.5) is 0 Å². The lowest BCUT2D eigenvalue weighted by atomic mass is 9.90. The van der Waals surface area contributed by atoms with Gasteiger partial charge in [0.2, 0.25) is 0 Å². The van der Waals surface area contributed by atoms with E-state index in [0.717, 1.165) is 19.3 Å². The van der Waals surface area contributed by atoms with E-state index in [-0.39, 0.29) is 0 Å². The molecule has 2 aliphatic rings. The van der Waals surface area contributed by atoms with Crippen molar-refractivity contribution in [1.82, 2.24) is 0 Å². The van der Waals surface area contributed by atoms with Crippen LogP contribution in [0.15, 0.2) is 0 Å². The Morgan fingerprint density at radius 1 is 1.33 bits per heavy atom. The number of rotatable bonds is 1. The summed E-state index contributed by atoms with van der Waals surface area (Å²) < 4.78 is 10.7. The van der Waals surface area contributed by atoms with Gasteiger partial charge in [-0.2, -0.15) is 0 Å². The van der Waals surface area contributed by atoms with Gasteiger partial charge in [0.25, 0.3) is 0 Å². The minimum atomic E-state index is -0.829. The molecule has 0 radical (unpaired) electrons. The lowest BCUT2D eigenvalue weighted by molar-refractivity contribution is -0.314. The molecule has 2 rings (SSSR count). The second kappa shape index (κ2) is 2.71. The molecular weight excluding hydrogens is 160 g/mol. The maximum atomic E-state index is 10.5. The Balaban J connectivity index is 1.88. The van der Waals surface area contributed by atoms with Crippen LogP contribution < -0.4 is 0 Å². The predicted octanol–water partition coefficient (Wildman–Crippen LogP) is 0.614. The molecule has 0 aromatic rings. The molecule has 1 N–H and O–H groups in total. The molecule has 12 heavy (non-hydrogen) atoms. The van der Waals surface area contributed by atoms with E-state index >= 15 is 0 Å². The largest absolute Gasteiger partial charge is 0.481 e. The van der Waals surface area contributed by atoms with E-state index in [4.69, 9.17) is 14.6 Å². The summed E-state index contributed by atoms with van der Waals surface area (Å²) in [5.74, 6) is -1.70. The highest BCUT2D eigenvalue weighted by Crippen LogP contribution is 2.39. The van der Waals surface area contributed by atoms with Gasteiger partial charge in [-0.15, -0.1) is 0 Å². The highest BCUT2D eigenvalue weighted by atomic mass is 16.7. The first-order valence-corrected chi connectivity index (χ1v) is 4.23. The van der Waals surface area contributed by atoms with E-state index in [2.05, 4.69) is 0 Å². The number of ether oxygens (including phenoxy) is 2. The summed E-state index contributed by atoms with van der Waals surface area (Å²) in [5.41, 5.74) is 0. The zero-order valence-corrected chi connectivity index (χ0v) is 6.78. The monoisotopic (exact) mass is 172 g/mol. The maximum Gasteiger partial charge on any atom is 0.311 e. The van der Waals surface area contributed by atoms with Gasteiger partial charge < -0.3 is 14.6 Å². The summed E-state index contributed by atoms with van der Waals surface area (Å²) in [5, 5.41) is 8.64. The first-order valence-electron chi connectivity index (χ1n) is 4.23. The highest BCUT2D eigenvalue weighted by Gasteiger charge is 2.44. The lowest BCUT2D eigenvalue weighted by Gasteiger charge is -2.45. The summed E-state index contributed by atoms with van der Waals surface area (Å²) in [7, 11) is 0. The molecule has 2 fully saturated rings. The van der Waals surface area contributed by atoms with Gasteiger partial charge >= 0.3 is 5.97 Å². The SMILES string of the molecule is O=C(O)C1COC2(CCC2)OC1. The number of carbonyl (C=O) groups is 1. The summed E-state index contributed by atoms with van der Waals surface area (Å²) in [4.78, 5) is 10.5. The van der Waals surface area contributed by atoms with Crippen LogP contribution in [0.25, 0.3) is 0 Å². The quantitative estimate of drug-likeness (QED) is 0.629. The molecule has 0 aromatic carbocycles. The molecule has 0 aromatic heterocycles. The van der Waals surface area contributed by atoms with Gasteiger partial charge in [-0.05, 0) is 6.42 Å². The molecule has 68 valence electrons. The van der Waals surface area contributed by atoms with Gasteiger partial charge in [0.05, 0.1) is 13.2 Å². The minimum Gasteiger partial charge on any atom is -0.481 e. The van der Waals surface area contributed by atoms with Crippen LogP contribution in [0.5, 0.6) is 0 Å². The topological polar surface area (TPSA) is 55.8 Å². The molecule has 0 amide bonds. The van der Waals surface area contributed by atoms with Gasteiger partial charge in [0, 0.05) is 12.8 Å². The van der Waals surface area contributed by atoms with Crippen LogP contribution in [0, 0.1) is 5.92 Å². The first kappa shape index (κ1) is 8.01. The maximum absolute atomic E-state index is 10.5. The molecule has 1 spiro atoms. The van der Waals surface area contributed by atoms with E-state index in [1.165, 1.54) is 0 Å². The van der Waals surface area contributed by atoms with E-state index < -0.39 is 17.7 Å². The average molecular weight is 172 g/mol. The Labute approximate surface area is 70.5 Å². The second-order valence-electron chi connectivity index (χ2n) is 3.42. The Bertz CT molecular complexity index is 187. The Hall–Kier alpha value is -0.610. The second-order valence-corrected chi connectivity index (χ2v) is 3.42. The summed E-state index contributed by atoms with van der Waals surface area (Å²) in [6.07, 6.45) is 2.95. The Morgan fingerprint density at radius 3 is 2.25 bits per heavy atom. The van der Waals surface area contributed by atoms with E-state index in [9.17, 15) is 4.79 Å². The van der Waals surface area contributed by atoms with Crippen molar-refractivity contribution in [2.75, 3.05) is 13.2 Å². The van der Waals surface area contributed by atoms with Crippen molar-refractivity contribution < 1.29 is 19.4 Å². The van der Waals surface area contributed by atoms with E-state index in [1.54, 1.807) is 0 Å². The lowest BCUT2D eigenvalue weighted by Crippen LogP contribution is -2.50. The van der Waals surface area contributed by atoms with Gasteiger partial charge in [0.1, 0.15) is 5.92 Å². The van der Waals surface area contributed by atoms with Crippen LogP contribution in [0.1, 0.15) is 19.3 Å². The molecule has 1 aliphatic heterocycles. The fraction of sp³-hybridized carbons (Fsp3) is 0.875. The van der Waals surface area contributed by atoms with Crippen LogP contribution >= 0.6 is 0 Å². The van der Waals surface area contributed by atoms with Gasteiger partial charge in [-0.3, -0.25) is 4.79 Å². The molecule has 4 nitrogen and oxygen atoms in total. The molecule has 1 heterocycles. The molecular formula is C8H12O4. The van der Waals surface area contributed by atoms with E-state index in [0.29, 0.717) is 13.2 Å². The van der Waals surface area contributed by atoms with Crippen molar-refractivity contribution in [3.63, 3.8) is 0 Å². The molecule has 1 saturated heterocycles. The molecule has 0 unspecified atom stereocenters. The number of hydrogen-bond acceptors (Lipinski definition) is 3. The number of carboxylic acids is 1. The van der Waals surface area contributed by atoms with Crippen LogP contribution in [0.2, 0.25) is 0 Å². The summed E-state index contributed by atoms with van der Waals surface area (Å²) >= 11 is 0. The summed E-state index contributed by atoms with van der Waals surface area (Å²) in [6, 6.07) is 0. The van der Waals surface area contributed by atoms with Crippen molar-refractivity contribution in [1.29, 1.82) is 0 Å². The molecule has 0 bridgehead atoms. The van der Waals surface area contributed by atoms with Crippen LogP contribution in [-0.2, 0) is 14.3 Å². The van der Waals surface area contributed by atoms with Crippen molar-refractivity contribution in [3.05, 3.63) is 0 Å². The molecule has 1 saturated carbocycles. The number of hydrogen-bond donors (Lipinski definition) is 1. The van der Waals surface area contributed by atoms with Crippen molar-refractivity contribution >= 4 is 5.97 Å². The zero-order valence-electron chi connectivity index (χ0n) is 6.78. The Morgan fingerprint density at radius 2 is 1.92 bits per heavy atom. The fourth-order valence-electron chi connectivity index (χ4n) is 1.49. The van der Waals surface area contributed by atoms with E-state index in [1.807, 2.05) is 0 Å². The molecule has 4 heteroatoms. The number of aliphatic carboxylic acids is 1. The van der Waals surface area contributed by atoms with Gasteiger partial charge in [-0.1, -0.05) is 0 Å². The predicted molar refractivity (Wildman–Crippen MR) is 39.6 cm³/mol. The number of carboxylic acid groups (broad SMARTS) is 1. The normalized spacial score (nSPS) is 28.3. The van der Waals surface area contributed by atoms with Crippen molar-refractivity contribution in [3.8, 4) is 0 Å². The average Bonchev–Trinajstić information content (AvgIpc) is 2.02. The van der Waals surface area contributed by atoms with Gasteiger partial charge in [-0.25, -0.2) is 0 Å². The van der Waals surface area contributed by atoms with Crippen molar-refractivity contribution in [2.24, 2.45) is 5.92 Å². The van der Waals surface area contributed by atoms with Crippen LogP contribution in [0.3, 0.4) is 0 Å². The third kappa shape index (κ3) is 1.21.